The first-order valence-corrected chi connectivity index (χ1v) is 8.49. The van der Waals surface area contributed by atoms with Gasteiger partial charge in [-0.1, -0.05) is 0 Å². The van der Waals surface area contributed by atoms with Crippen LogP contribution in [0.2, 0.25) is 0 Å². The van der Waals surface area contributed by atoms with E-state index in [1.165, 1.54) is 21.7 Å². The molecule has 0 aromatic carbocycles. The van der Waals surface area contributed by atoms with Crippen molar-refractivity contribution in [2.45, 2.75) is 58.4 Å². The minimum absolute atomic E-state index is 0. The summed E-state index contributed by atoms with van der Waals surface area (Å²) in [6, 6.07) is 2.54. The number of amides is 1. The van der Waals surface area contributed by atoms with E-state index < -0.39 is 0 Å². The van der Waals surface area contributed by atoms with Crippen molar-refractivity contribution in [3.05, 3.63) is 21.4 Å². The summed E-state index contributed by atoms with van der Waals surface area (Å²) in [7, 11) is 0. The minimum atomic E-state index is 0. The van der Waals surface area contributed by atoms with Crippen molar-refractivity contribution in [3.8, 4) is 0 Å². The number of hydrogen-bond acceptors (Lipinski definition) is 3. The predicted octanol–water partition coefficient (Wildman–Crippen LogP) is 3.45. The maximum Gasteiger partial charge on any atom is 0.222 e. The van der Waals surface area contributed by atoms with Gasteiger partial charge in [-0.15, -0.1) is 23.7 Å². The molecular weight excluding hydrogens is 304 g/mol. The molecule has 1 aromatic rings. The van der Waals surface area contributed by atoms with Gasteiger partial charge in [-0.05, 0) is 57.6 Å². The molecule has 21 heavy (non-hydrogen) atoms. The second-order valence-electron chi connectivity index (χ2n) is 5.76. The van der Waals surface area contributed by atoms with Crippen LogP contribution in [0.4, 0.5) is 0 Å². The van der Waals surface area contributed by atoms with Crippen molar-refractivity contribution in [2.75, 3.05) is 13.1 Å². The third kappa shape index (κ3) is 4.97. The van der Waals surface area contributed by atoms with Gasteiger partial charge in [0.25, 0.3) is 0 Å². The van der Waals surface area contributed by atoms with Gasteiger partial charge in [-0.25, -0.2) is 0 Å². The molecule has 2 rings (SSSR count). The number of nitrogens with two attached hydrogens (primary N) is 1. The zero-order valence-electron chi connectivity index (χ0n) is 13.1. The van der Waals surface area contributed by atoms with Gasteiger partial charge >= 0.3 is 0 Å². The van der Waals surface area contributed by atoms with Gasteiger partial charge in [0.1, 0.15) is 0 Å². The highest BCUT2D eigenvalue weighted by atomic mass is 35.5. The zero-order chi connectivity index (χ0) is 14.5. The fourth-order valence-electron chi connectivity index (χ4n) is 3.08. The lowest BCUT2D eigenvalue weighted by Crippen LogP contribution is -2.47. The third-order valence-corrected chi connectivity index (χ3v) is 5.21. The molecule has 3 nitrogen and oxygen atoms in total. The number of likely N-dealkylation sites (tertiary alicyclic amines) is 1. The predicted molar refractivity (Wildman–Crippen MR) is 92.4 cm³/mol. The highest BCUT2D eigenvalue weighted by molar-refractivity contribution is 7.12. The van der Waals surface area contributed by atoms with E-state index in [0.717, 1.165) is 32.2 Å². The molecule has 0 radical (unpaired) electrons. The van der Waals surface area contributed by atoms with Crippen LogP contribution < -0.4 is 5.73 Å². The molecule has 0 aliphatic carbocycles. The van der Waals surface area contributed by atoms with Gasteiger partial charge < -0.3 is 10.6 Å². The van der Waals surface area contributed by atoms with Crippen LogP contribution in [-0.2, 0) is 11.2 Å². The van der Waals surface area contributed by atoms with Crippen LogP contribution in [0.15, 0.2) is 6.07 Å². The topological polar surface area (TPSA) is 46.3 Å². The van der Waals surface area contributed by atoms with Crippen molar-refractivity contribution in [1.29, 1.82) is 0 Å². The molecule has 2 N–H and O–H groups in total. The Bertz CT molecular complexity index is 461. The Hall–Kier alpha value is -0.580. The number of thiophene rings is 1. The lowest BCUT2D eigenvalue weighted by molar-refractivity contribution is -0.134. The minimum Gasteiger partial charge on any atom is -0.338 e. The van der Waals surface area contributed by atoms with Crippen LogP contribution >= 0.6 is 23.7 Å². The van der Waals surface area contributed by atoms with E-state index >= 15 is 0 Å². The first-order chi connectivity index (χ1) is 9.61. The highest BCUT2D eigenvalue weighted by Gasteiger charge is 2.24. The van der Waals surface area contributed by atoms with Crippen LogP contribution in [0.1, 0.15) is 47.4 Å². The van der Waals surface area contributed by atoms with Crippen molar-refractivity contribution >= 4 is 29.7 Å². The molecule has 0 saturated carbocycles. The maximum atomic E-state index is 12.3. The van der Waals surface area contributed by atoms with E-state index in [0.29, 0.717) is 18.9 Å². The summed E-state index contributed by atoms with van der Waals surface area (Å²) in [5.74, 6) is 0.296. The number of rotatable bonds is 5. The van der Waals surface area contributed by atoms with Crippen LogP contribution in [-0.4, -0.2) is 29.9 Å². The molecule has 0 bridgehead atoms. The Morgan fingerprint density at radius 1 is 1.43 bits per heavy atom. The third-order valence-electron chi connectivity index (χ3n) is 4.20. The summed E-state index contributed by atoms with van der Waals surface area (Å²) in [6.07, 6.45) is 6.03. The molecule has 1 aromatic heterocycles. The highest BCUT2D eigenvalue weighted by Crippen LogP contribution is 2.23. The number of hydrogen-bond donors (Lipinski definition) is 1. The van der Waals surface area contributed by atoms with Crippen molar-refractivity contribution in [2.24, 2.45) is 5.73 Å². The molecule has 1 unspecified atom stereocenters. The SMILES string of the molecule is Cc1cc(CCCC(=O)N2CCCCC2CN)c(C)s1.Cl. The number of piperidine rings is 1. The molecule has 1 aliphatic heterocycles. The molecule has 0 spiro atoms. The summed E-state index contributed by atoms with van der Waals surface area (Å²) in [5, 5.41) is 0. The van der Waals surface area contributed by atoms with Gasteiger partial charge in [-0.3, -0.25) is 4.79 Å². The molecule has 5 heteroatoms. The van der Waals surface area contributed by atoms with Crippen molar-refractivity contribution < 1.29 is 4.79 Å². The Morgan fingerprint density at radius 2 is 2.19 bits per heavy atom. The van der Waals surface area contributed by atoms with Crippen LogP contribution in [0.25, 0.3) is 0 Å². The van der Waals surface area contributed by atoms with Crippen molar-refractivity contribution in [1.82, 2.24) is 4.90 Å². The lowest BCUT2D eigenvalue weighted by atomic mass is 10.0. The van der Waals surface area contributed by atoms with E-state index in [4.69, 9.17) is 5.73 Å². The summed E-state index contributed by atoms with van der Waals surface area (Å²) < 4.78 is 0. The fraction of sp³-hybridized carbons (Fsp3) is 0.688. The Morgan fingerprint density at radius 3 is 2.81 bits per heavy atom. The van der Waals surface area contributed by atoms with Crippen LogP contribution in [0.5, 0.6) is 0 Å². The number of nitrogens with zero attached hydrogens (tertiary/aromatic N) is 1. The summed E-state index contributed by atoms with van der Waals surface area (Å²) >= 11 is 1.85. The first-order valence-electron chi connectivity index (χ1n) is 7.67. The summed E-state index contributed by atoms with van der Waals surface area (Å²) in [6.45, 7) is 5.82. The molecule has 120 valence electrons. The van der Waals surface area contributed by atoms with E-state index in [2.05, 4.69) is 19.9 Å². The van der Waals surface area contributed by atoms with E-state index in [1.54, 1.807) is 0 Å². The van der Waals surface area contributed by atoms with E-state index in [1.807, 2.05) is 16.2 Å². The van der Waals surface area contributed by atoms with Gasteiger partial charge in [0.2, 0.25) is 5.91 Å². The molecule has 2 heterocycles. The average Bonchev–Trinajstić information content (AvgIpc) is 2.77. The number of aryl methyl sites for hydroxylation is 3. The van der Waals surface area contributed by atoms with Gasteiger partial charge in [0.15, 0.2) is 0 Å². The largest absolute Gasteiger partial charge is 0.338 e. The maximum absolute atomic E-state index is 12.3. The standard InChI is InChI=1S/C16H26N2OS.ClH/c1-12-10-14(13(2)20-12)6-5-8-16(19)18-9-4-3-7-15(18)11-17;/h10,15H,3-9,11,17H2,1-2H3;1H. The Labute approximate surface area is 138 Å². The van der Waals surface area contributed by atoms with Gasteiger partial charge in [-0.2, -0.15) is 0 Å². The van der Waals surface area contributed by atoms with E-state index in [-0.39, 0.29) is 18.4 Å². The Kier molecular flexibility index (Phi) is 7.71. The molecule has 1 aliphatic rings. The summed E-state index contributed by atoms with van der Waals surface area (Å²) in [4.78, 5) is 17.1. The molecule has 1 atom stereocenters. The van der Waals surface area contributed by atoms with Crippen molar-refractivity contribution in [3.63, 3.8) is 0 Å². The normalized spacial score (nSPS) is 18.4. The number of carbonyl (C=O) groups excluding carboxylic acids is 1. The molecule has 1 fully saturated rings. The second-order valence-corrected chi connectivity index (χ2v) is 7.22. The molecule has 1 saturated heterocycles. The number of carbonyl (C=O) groups is 1. The van der Waals surface area contributed by atoms with Gasteiger partial charge in [0, 0.05) is 35.3 Å². The first kappa shape index (κ1) is 18.5. The molecule has 1 amide bonds. The average molecular weight is 331 g/mol. The zero-order valence-corrected chi connectivity index (χ0v) is 14.7. The smallest absolute Gasteiger partial charge is 0.222 e. The summed E-state index contributed by atoms with van der Waals surface area (Å²) in [5.41, 5.74) is 7.19. The Balaban J connectivity index is 0.00000220. The van der Waals surface area contributed by atoms with Gasteiger partial charge in [0.05, 0.1) is 0 Å². The molecular formula is C16H27ClN2OS. The van der Waals surface area contributed by atoms with Crippen LogP contribution in [0.3, 0.4) is 0 Å². The quantitative estimate of drug-likeness (QED) is 0.898. The fourth-order valence-corrected chi connectivity index (χ4v) is 4.06. The second kappa shape index (κ2) is 8.76. The lowest BCUT2D eigenvalue weighted by Gasteiger charge is -2.35. The van der Waals surface area contributed by atoms with E-state index in [9.17, 15) is 4.79 Å². The van der Waals surface area contributed by atoms with Crippen LogP contribution in [0, 0.1) is 13.8 Å². The monoisotopic (exact) mass is 330 g/mol. The number of halogens is 1.